The maximum absolute atomic E-state index is 12.8. The van der Waals surface area contributed by atoms with Crippen LogP contribution in [0, 0.1) is 13.8 Å². The smallest absolute Gasteiger partial charge is 0.279 e. The van der Waals surface area contributed by atoms with Crippen molar-refractivity contribution in [3.8, 4) is 5.69 Å². The molecule has 11 heteroatoms. The molecule has 0 atom stereocenters. The number of hydrogen-bond donors (Lipinski definition) is 3. The van der Waals surface area contributed by atoms with E-state index in [-0.39, 0.29) is 10.5 Å². The standard InChI is InChI=1S/C27H23N5O4S2/c1-17-8-12-20(13-9-17)31-38(35,36)22-14-10-19(11-15-22)25(33)28-29-26(34)24-16-23-18(2)30-32(27(23)37-24)21-6-4-3-5-7-21/h3-16,31H,1-2H3,(H,28,33)(H,29,34). The van der Waals surface area contributed by atoms with Crippen molar-refractivity contribution < 1.29 is 18.0 Å². The van der Waals surface area contributed by atoms with Gasteiger partial charge in [-0.05, 0) is 68.4 Å². The molecule has 0 saturated heterocycles. The van der Waals surface area contributed by atoms with Crippen LogP contribution in [0.15, 0.2) is 89.8 Å². The van der Waals surface area contributed by atoms with Crippen molar-refractivity contribution in [3.63, 3.8) is 0 Å². The first-order chi connectivity index (χ1) is 18.2. The van der Waals surface area contributed by atoms with Crippen LogP contribution in [-0.4, -0.2) is 30.0 Å². The lowest BCUT2D eigenvalue weighted by molar-refractivity contribution is 0.0849. The summed E-state index contributed by atoms with van der Waals surface area (Å²) in [7, 11) is -3.82. The van der Waals surface area contributed by atoms with Gasteiger partial charge in [-0.1, -0.05) is 35.9 Å². The molecule has 0 unspecified atom stereocenters. The van der Waals surface area contributed by atoms with Gasteiger partial charge in [-0.25, -0.2) is 13.1 Å². The summed E-state index contributed by atoms with van der Waals surface area (Å²) in [6, 6.07) is 23.7. The number of nitrogens with zero attached hydrogens (tertiary/aromatic N) is 2. The van der Waals surface area contributed by atoms with Gasteiger partial charge in [0.15, 0.2) is 0 Å². The monoisotopic (exact) mass is 545 g/mol. The normalized spacial score (nSPS) is 11.3. The molecule has 0 spiro atoms. The van der Waals surface area contributed by atoms with Crippen molar-refractivity contribution >= 4 is 49.1 Å². The Morgan fingerprint density at radius 1 is 0.842 bits per heavy atom. The number of carbonyl (C=O) groups excluding carboxylic acids is 2. The van der Waals surface area contributed by atoms with Gasteiger partial charge in [-0.2, -0.15) is 5.10 Å². The number of carbonyl (C=O) groups is 2. The van der Waals surface area contributed by atoms with Crippen LogP contribution in [0.1, 0.15) is 31.3 Å². The Bertz CT molecular complexity index is 1740. The minimum atomic E-state index is -3.82. The number of nitrogens with one attached hydrogen (secondary N) is 3. The van der Waals surface area contributed by atoms with Crippen LogP contribution < -0.4 is 15.6 Å². The Kier molecular flexibility index (Phi) is 6.70. The zero-order valence-corrected chi connectivity index (χ0v) is 22.1. The van der Waals surface area contributed by atoms with Crippen LogP contribution in [0.2, 0.25) is 0 Å². The first-order valence-electron chi connectivity index (χ1n) is 11.6. The highest BCUT2D eigenvalue weighted by atomic mass is 32.2. The molecule has 3 aromatic carbocycles. The zero-order valence-electron chi connectivity index (χ0n) is 20.4. The van der Waals surface area contributed by atoms with E-state index in [0.717, 1.165) is 27.2 Å². The maximum atomic E-state index is 12.8. The summed E-state index contributed by atoms with van der Waals surface area (Å²) in [5.41, 5.74) is 8.10. The number of sulfonamides is 1. The molecule has 192 valence electrons. The second kappa shape index (κ2) is 10.1. The topological polar surface area (TPSA) is 122 Å². The fraction of sp³-hybridized carbons (Fsp3) is 0.0741. The van der Waals surface area contributed by atoms with Crippen molar-refractivity contribution in [2.75, 3.05) is 4.72 Å². The third kappa shape index (κ3) is 5.15. The summed E-state index contributed by atoms with van der Waals surface area (Å²) in [6.07, 6.45) is 0. The van der Waals surface area contributed by atoms with Gasteiger partial charge < -0.3 is 0 Å². The summed E-state index contributed by atoms with van der Waals surface area (Å²) in [5.74, 6) is -1.05. The van der Waals surface area contributed by atoms with Crippen LogP contribution in [0.3, 0.4) is 0 Å². The Balaban J connectivity index is 1.24. The maximum Gasteiger partial charge on any atom is 0.279 e. The summed E-state index contributed by atoms with van der Waals surface area (Å²) < 4.78 is 29.6. The van der Waals surface area contributed by atoms with Crippen LogP contribution in [0.25, 0.3) is 15.9 Å². The molecule has 0 bridgehead atoms. The lowest BCUT2D eigenvalue weighted by Crippen LogP contribution is -2.41. The van der Waals surface area contributed by atoms with Crippen LogP contribution in [0.5, 0.6) is 0 Å². The number of benzene rings is 3. The van der Waals surface area contributed by atoms with Gasteiger partial charge >= 0.3 is 0 Å². The average Bonchev–Trinajstić information content (AvgIpc) is 3.49. The Labute approximate surface area is 223 Å². The zero-order chi connectivity index (χ0) is 26.9. The Morgan fingerprint density at radius 3 is 2.18 bits per heavy atom. The van der Waals surface area contributed by atoms with E-state index in [9.17, 15) is 18.0 Å². The van der Waals surface area contributed by atoms with Gasteiger partial charge in [-0.3, -0.25) is 25.2 Å². The second-order valence-electron chi connectivity index (χ2n) is 8.57. The highest BCUT2D eigenvalue weighted by Crippen LogP contribution is 2.30. The molecule has 0 fully saturated rings. The molecule has 0 radical (unpaired) electrons. The van der Waals surface area contributed by atoms with Gasteiger partial charge in [0.2, 0.25) is 0 Å². The van der Waals surface area contributed by atoms with Crippen molar-refractivity contribution in [3.05, 3.63) is 107 Å². The third-order valence-corrected chi connectivity index (χ3v) is 8.30. The van der Waals surface area contributed by atoms with E-state index in [1.54, 1.807) is 35.0 Å². The van der Waals surface area contributed by atoms with Gasteiger partial charge in [0.05, 0.1) is 21.2 Å². The van der Waals surface area contributed by atoms with Crippen LogP contribution in [0.4, 0.5) is 5.69 Å². The van der Waals surface area contributed by atoms with Crippen molar-refractivity contribution in [1.82, 2.24) is 20.6 Å². The number of fused-ring (bicyclic) bond motifs is 1. The molecule has 2 amide bonds. The molecule has 3 N–H and O–H groups in total. The van der Waals surface area contributed by atoms with E-state index >= 15 is 0 Å². The minimum Gasteiger partial charge on any atom is -0.280 e. The molecule has 9 nitrogen and oxygen atoms in total. The van der Waals surface area contributed by atoms with Crippen molar-refractivity contribution in [2.45, 2.75) is 18.7 Å². The van der Waals surface area contributed by atoms with E-state index in [0.29, 0.717) is 10.6 Å². The van der Waals surface area contributed by atoms with Gasteiger partial charge in [0.25, 0.3) is 21.8 Å². The molecule has 0 aliphatic carbocycles. The number of thiophene rings is 1. The number of hydrazine groups is 1. The SMILES string of the molecule is Cc1ccc(NS(=O)(=O)c2ccc(C(=O)NNC(=O)c3cc4c(C)nn(-c5ccccc5)c4s3)cc2)cc1. The number of para-hydroxylation sites is 1. The molecular formula is C27H23N5O4S2. The summed E-state index contributed by atoms with van der Waals surface area (Å²) in [4.78, 5) is 26.6. The first kappa shape index (κ1) is 25.2. The second-order valence-corrected chi connectivity index (χ2v) is 11.3. The summed E-state index contributed by atoms with van der Waals surface area (Å²) in [5, 5.41) is 5.42. The summed E-state index contributed by atoms with van der Waals surface area (Å²) in [6.45, 7) is 3.78. The molecule has 5 rings (SSSR count). The third-order valence-electron chi connectivity index (χ3n) is 5.79. The Hall–Kier alpha value is -4.48. The number of amides is 2. The lowest BCUT2D eigenvalue weighted by Gasteiger charge is -2.10. The quantitative estimate of drug-likeness (QED) is 0.270. The van der Waals surface area contributed by atoms with E-state index in [1.165, 1.54) is 35.6 Å². The van der Waals surface area contributed by atoms with Crippen LogP contribution >= 0.6 is 11.3 Å². The highest BCUT2D eigenvalue weighted by Gasteiger charge is 2.19. The largest absolute Gasteiger partial charge is 0.280 e. The average molecular weight is 546 g/mol. The Morgan fingerprint density at radius 2 is 1.50 bits per heavy atom. The number of aryl methyl sites for hydroxylation is 2. The molecule has 0 aliphatic rings. The predicted molar refractivity (Wildman–Crippen MR) is 147 cm³/mol. The molecule has 38 heavy (non-hydrogen) atoms. The van der Waals surface area contributed by atoms with E-state index in [2.05, 4.69) is 20.7 Å². The molecule has 5 aromatic rings. The number of anilines is 1. The number of rotatable bonds is 6. The molecule has 2 aromatic heterocycles. The van der Waals surface area contributed by atoms with E-state index in [4.69, 9.17) is 0 Å². The van der Waals surface area contributed by atoms with Crippen LogP contribution in [-0.2, 0) is 10.0 Å². The van der Waals surface area contributed by atoms with Gasteiger partial charge in [0, 0.05) is 16.6 Å². The van der Waals surface area contributed by atoms with Crippen molar-refractivity contribution in [2.24, 2.45) is 0 Å². The van der Waals surface area contributed by atoms with E-state index in [1.807, 2.05) is 44.2 Å². The number of hydrogen-bond acceptors (Lipinski definition) is 6. The van der Waals surface area contributed by atoms with Crippen molar-refractivity contribution in [1.29, 1.82) is 0 Å². The van der Waals surface area contributed by atoms with Gasteiger partial charge in [-0.15, -0.1) is 11.3 Å². The van der Waals surface area contributed by atoms with Gasteiger partial charge in [0.1, 0.15) is 4.83 Å². The highest BCUT2D eigenvalue weighted by molar-refractivity contribution is 7.92. The van der Waals surface area contributed by atoms with E-state index < -0.39 is 21.8 Å². The predicted octanol–water partition coefficient (Wildman–Crippen LogP) is 4.58. The minimum absolute atomic E-state index is 0.00626. The molecular weight excluding hydrogens is 522 g/mol. The lowest BCUT2D eigenvalue weighted by atomic mass is 10.2. The summed E-state index contributed by atoms with van der Waals surface area (Å²) >= 11 is 1.26. The molecule has 2 heterocycles. The fourth-order valence-corrected chi connectivity index (χ4v) is 5.91. The molecule has 0 saturated carbocycles. The first-order valence-corrected chi connectivity index (χ1v) is 13.9. The fourth-order valence-electron chi connectivity index (χ4n) is 3.77. The number of aromatic nitrogens is 2. The molecule has 0 aliphatic heterocycles.